The molecule has 0 saturated heterocycles. The highest BCUT2D eigenvalue weighted by molar-refractivity contribution is 5.76. The van der Waals surface area contributed by atoms with Crippen LogP contribution in [0.15, 0.2) is 42.5 Å². The fourth-order valence-corrected chi connectivity index (χ4v) is 3.02. The number of amides is 1. The highest BCUT2D eigenvalue weighted by Gasteiger charge is 2.15. The van der Waals surface area contributed by atoms with Crippen LogP contribution < -0.4 is 19.5 Å². The lowest BCUT2D eigenvalue weighted by Gasteiger charge is -2.19. The molecular formula is C21H25NO4. The molecule has 1 heterocycles. The molecule has 1 aliphatic heterocycles. The minimum Gasteiger partial charge on any atom is -0.497 e. The first-order valence-corrected chi connectivity index (χ1v) is 9.01. The summed E-state index contributed by atoms with van der Waals surface area (Å²) >= 11 is 0. The Morgan fingerprint density at radius 1 is 1.12 bits per heavy atom. The highest BCUT2D eigenvalue weighted by Crippen LogP contribution is 2.31. The van der Waals surface area contributed by atoms with Crippen molar-refractivity contribution in [2.24, 2.45) is 0 Å². The molecule has 0 aliphatic carbocycles. The van der Waals surface area contributed by atoms with Crippen molar-refractivity contribution in [3.63, 3.8) is 0 Å². The summed E-state index contributed by atoms with van der Waals surface area (Å²) < 4.78 is 16.3. The van der Waals surface area contributed by atoms with Gasteiger partial charge in [0.1, 0.15) is 19.0 Å². The fraction of sp³-hybridized carbons (Fsp3) is 0.381. The number of hydrogen-bond acceptors (Lipinski definition) is 4. The van der Waals surface area contributed by atoms with Crippen LogP contribution in [0.1, 0.15) is 36.9 Å². The molecule has 1 amide bonds. The maximum atomic E-state index is 12.4. The van der Waals surface area contributed by atoms with Gasteiger partial charge in [0.2, 0.25) is 5.91 Å². The van der Waals surface area contributed by atoms with E-state index in [1.54, 1.807) is 7.11 Å². The van der Waals surface area contributed by atoms with Crippen LogP contribution in [-0.4, -0.2) is 26.2 Å². The van der Waals surface area contributed by atoms with Crippen molar-refractivity contribution in [1.29, 1.82) is 0 Å². The molecule has 0 aromatic heterocycles. The average Bonchev–Trinajstić information content (AvgIpc) is 2.70. The van der Waals surface area contributed by atoms with Crippen molar-refractivity contribution in [2.45, 2.75) is 32.2 Å². The fourth-order valence-electron chi connectivity index (χ4n) is 3.02. The van der Waals surface area contributed by atoms with Gasteiger partial charge in [-0.3, -0.25) is 4.79 Å². The summed E-state index contributed by atoms with van der Waals surface area (Å²) in [6, 6.07) is 13.7. The predicted molar refractivity (Wildman–Crippen MR) is 99.9 cm³/mol. The Kier molecular flexibility index (Phi) is 6.00. The van der Waals surface area contributed by atoms with Crippen LogP contribution in [0.5, 0.6) is 17.2 Å². The smallest absolute Gasteiger partial charge is 0.220 e. The molecule has 26 heavy (non-hydrogen) atoms. The number of carbonyl (C=O) groups is 1. The normalized spacial score (nSPS) is 13.8. The number of methoxy groups -OCH3 is 1. The molecule has 1 unspecified atom stereocenters. The lowest BCUT2D eigenvalue weighted by atomic mass is 10.0. The zero-order valence-corrected chi connectivity index (χ0v) is 15.3. The van der Waals surface area contributed by atoms with E-state index in [4.69, 9.17) is 14.2 Å². The molecule has 2 aromatic rings. The van der Waals surface area contributed by atoms with E-state index in [-0.39, 0.29) is 11.9 Å². The van der Waals surface area contributed by atoms with Gasteiger partial charge in [-0.15, -0.1) is 0 Å². The van der Waals surface area contributed by atoms with Crippen LogP contribution in [0.25, 0.3) is 0 Å². The summed E-state index contributed by atoms with van der Waals surface area (Å²) in [5, 5.41) is 3.12. The van der Waals surface area contributed by atoms with E-state index in [0.717, 1.165) is 34.8 Å². The van der Waals surface area contributed by atoms with Crippen LogP contribution in [0, 0.1) is 0 Å². The zero-order valence-electron chi connectivity index (χ0n) is 15.3. The number of benzene rings is 2. The van der Waals surface area contributed by atoms with E-state index in [2.05, 4.69) is 12.2 Å². The number of ether oxygens (including phenoxy) is 3. The standard InChI is InChI=1S/C21H25NO4/c1-3-18(16-6-8-17(24-2)9-7-16)22-21(23)11-5-15-4-10-19-20(14-15)26-13-12-25-19/h4,6-10,14,18H,3,5,11-13H2,1-2H3,(H,22,23). The van der Waals surface area contributed by atoms with Crippen molar-refractivity contribution in [2.75, 3.05) is 20.3 Å². The third-order valence-corrected chi connectivity index (χ3v) is 4.51. The molecule has 1 atom stereocenters. The quantitative estimate of drug-likeness (QED) is 0.823. The molecule has 138 valence electrons. The van der Waals surface area contributed by atoms with Gasteiger partial charge in [-0.25, -0.2) is 0 Å². The topological polar surface area (TPSA) is 56.8 Å². The molecule has 0 bridgehead atoms. The van der Waals surface area contributed by atoms with Crippen LogP contribution in [0.4, 0.5) is 0 Å². The number of aryl methyl sites for hydroxylation is 1. The van der Waals surface area contributed by atoms with Gasteiger partial charge in [-0.2, -0.15) is 0 Å². The molecule has 0 fully saturated rings. The Hall–Kier alpha value is -2.69. The Morgan fingerprint density at radius 3 is 2.54 bits per heavy atom. The molecule has 3 rings (SSSR count). The first kappa shape index (κ1) is 18.1. The largest absolute Gasteiger partial charge is 0.497 e. The second-order valence-electron chi connectivity index (χ2n) is 6.28. The van der Waals surface area contributed by atoms with E-state index in [0.29, 0.717) is 26.1 Å². The number of nitrogens with one attached hydrogen (secondary N) is 1. The van der Waals surface area contributed by atoms with E-state index in [9.17, 15) is 4.79 Å². The summed E-state index contributed by atoms with van der Waals surface area (Å²) in [5.41, 5.74) is 2.16. The monoisotopic (exact) mass is 355 g/mol. The maximum Gasteiger partial charge on any atom is 0.220 e. The molecular weight excluding hydrogens is 330 g/mol. The van der Waals surface area contributed by atoms with Gasteiger partial charge in [0.05, 0.1) is 13.2 Å². The van der Waals surface area contributed by atoms with E-state index in [1.165, 1.54) is 0 Å². The summed E-state index contributed by atoms with van der Waals surface area (Å²) in [4.78, 5) is 12.4. The predicted octanol–water partition coefficient (Wildman–Crippen LogP) is 3.67. The molecule has 1 N–H and O–H groups in total. The Morgan fingerprint density at radius 2 is 1.85 bits per heavy atom. The Labute approximate surface area is 154 Å². The molecule has 0 spiro atoms. The van der Waals surface area contributed by atoms with E-state index < -0.39 is 0 Å². The summed E-state index contributed by atoms with van der Waals surface area (Å²) in [5.74, 6) is 2.39. The molecule has 5 nitrogen and oxygen atoms in total. The Balaban J connectivity index is 1.55. The lowest BCUT2D eigenvalue weighted by Crippen LogP contribution is -2.28. The first-order chi connectivity index (χ1) is 12.7. The van der Waals surface area contributed by atoms with Gasteiger partial charge in [0, 0.05) is 6.42 Å². The molecule has 0 saturated carbocycles. The SMILES string of the molecule is CCC(NC(=O)CCc1ccc2c(c1)OCCO2)c1ccc(OC)cc1. The zero-order chi connectivity index (χ0) is 18.4. The van der Waals surface area contributed by atoms with Gasteiger partial charge in [-0.05, 0) is 48.2 Å². The van der Waals surface area contributed by atoms with Crippen molar-refractivity contribution in [3.8, 4) is 17.2 Å². The molecule has 5 heteroatoms. The number of hydrogen-bond donors (Lipinski definition) is 1. The van der Waals surface area contributed by atoms with Crippen LogP contribution in [0.2, 0.25) is 0 Å². The first-order valence-electron chi connectivity index (χ1n) is 9.01. The summed E-state index contributed by atoms with van der Waals surface area (Å²) in [6.07, 6.45) is 1.94. The van der Waals surface area contributed by atoms with Crippen molar-refractivity contribution in [3.05, 3.63) is 53.6 Å². The minimum absolute atomic E-state index is 0.00803. The average molecular weight is 355 g/mol. The highest BCUT2D eigenvalue weighted by atomic mass is 16.6. The van der Waals surface area contributed by atoms with E-state index in [1.807, 2.05) is 42.5 Å². The second kappa shape index (κ2) is 8.61. The summed E-state index contributed by atoms with van der Waals surface area (Å²) in [6.45, 7) is 3.21. The van der Waals surface area contributed by atoms with Gasteiger partial charge in [0.15, 0.2) is 11.5 Å². The molecule has 0 radical (unpaired) electrons. The van der Waals surface area contributed by atoms with Gasteiger partial charge < -0.3 is 19.5 Å². The van der Waals surface area contributed by atoms with Crippen LogP contribution in [-0.2, 0) is 11.2 Å². The van der Waals surface area contributed by atoms with Gasteiger partial charge >= 0.3 is 0 Å². The molecule has 2 aromatic carbocycles. The number of fused-ring (bicyclic) bond motifs is 1. The Bertz CT molecular complexity index is 742. The van der Waals surface area contributed by atoms with Crippen LogP contribution >= 0.6 is 0 Å². The van der Waals surface area contributed by atoms with E-state index >= 15 is 0 Å². The summed E-state index contributed by atoms with van der Waals surface area (Å²) in [7, 11) is 1.64. The van der Waals surface area contributed by atoms with Crippen molar-refractivity contribution >= 4 is 5.91 Å². The van der Waals surface area contributed by atoms with Crippen LogP contribution in [0.3, 0.4) is 0 Å². The van der Waals surface area contributed by atoms with Crippen molar-refractivity contribution in [1.82, 2.24) is 5.32 Å². The molecule has 1 aliphatic rings. The number of rotatable bonds is 7. The number of carbonyl (C=O) groups excluding carboxylic acids is 1. The van der Waals surface area contributed by atoms with Crippen molar-refractivity contribution < 1.29 is 19.0 Å². The third-order valence-electron chi connectivity index (χ3n) is 4.51. The lowest BCUT2D eigenvalue weighted by molar-refractivity contribution is -0.121. The maximum absolute atomic E-state index is 12.4. The minimum atomic E-state index is 0.00803. The third kappa shape index (κ3) is 4.48. The van der Waals surface area contributed by atoms with Gasteiger partial charge in [-0.1, -0.05) is 25.1 Å². The second-order valence-corrected chi connectivity index (χ2v) is 6.28. The van der Waals surface area contributed by atoms with Gasteiger partial charge in [0.25, 0.3) is 0 Å².